The predicted molar refractivity (Wildman–Crippen MR) is 144 cm³/mol. The third-order valence-electron chi connectivity index (χ3n) is 8.28. The van der Waals surface area contributed by atoms with E-state index in [9.17, 15) is 26.4 Å². The number of piperidine rings is 1. The normalized spacial score (nSPS) is 23.3. The predicted octanol–water partition coefficient (Wildman–Crippen LogP) is 2.18. The molecule has 0 radical (unpaired) electrons. The molecule has 0 unspecified atom stereocenters. The zero-order valence-electron chi connectivity index (χ0n) is 23.1. The molecule has 42 heavy (non-hydrogen) atoms. The number of morpholine rings is 2. The van der Waals surface area contributed by atoms with E-state index >= 15 is 0 Å². The fourth-order valence-corrected chi connectivity index (χ4v) is 7.81. The summed E-state index contributed by atoms with van der Waals surface area (Å²) in [5.74, 6) is -1.52. The van der Waals surface area contributed by atoms with E-state index in [0.29, 0.717) is 38.5 Å². The first kappa shape index (κ1) is 29.4. The van der Waals surface area contributed by atoms with E-state index in [1.54, 1.807) is 9.58 Å². The van der Waals surface area contributed by atoms with Crippen molar-refractivity contribution in [2.24, 2.45) is 0 Å². The van der Waals surface area contributed by atoms with Gasteiger partial charge in [0, 0.05) is 56.9 Å². The molecule has 4 aliphatic rings. The largest absolute Gasteiger partial charge is 0.573 e. The van der Waals surface area contributed by atoms with Gasteiger partial charge in [0.25, 0.3) is 5.91 Å². The lowest BCUT2D eigenvalue weighted by Crippen LogP contribution is -2.44. The van der Waals surface area contributed by atoms with Crippen LogP contribution in [0.1, 0.15) is 34.9 Å². The summed E-state index contributed by atoms with van der Waals surface area (Å²) in [7, 11) is -4.09. The number of hydrogen-bond donors (Lipinski definition) is 0. The average Bonchev–Trinajstić information content (AvgIpc) is 3.34. The number of ether oxygens (including phenoxy) is 3. The summed E-state index contributed by atoms with van der Waals surface area (Å²) < 4.78 is 82.3. The molecule has 15 heteroatoms. The Morgan fingerprint density at radius 1 is 1.00 bits per heavy atom. The monoisotopic (exact) mass is 613 g/mol. The van der Waals surface area contributed by atoms with Gasteiger partial charge in [0.1, 0.15) is 5.75 Å². The Kier molecular flexibility index (Phi) is 8.21. The first-order chi connectivity index (χ1) is 20.1. The van der Waals surface area contributed by atoms with Crippen LogP contribution in [0.25, 0.3) is 11.3 Å². The van der Waals surface area contributed by atoms with Crippen LogP contribution >= 0.6 is 0 Å². The molecule has 5 heterocycles. The van der Waals surface area contributed by atoms with Crippen LogP contribution in [-0.2, 0) is 25.1 Å². The van der Waals surface area contributed by atoms with E-state index in [1.165, 1.54) is 6.07 Å². The SMILES string of the molecule is O=C(c1nn([C@H]2CCCN(CCN3CCOCC3)C2)c2c1CS(=O)(=O)c1cc(OC(F)(F)F)ccc1-2)N1CCOCC1. The number of alkyl halides is 3. The summed E-state index contributed by atoms with van der Waals surface area (Å²) in [5.41, 5.74) is 1.05. The van der Waals surface area contributed by atoms with Crippen molar-refractivity contribution in [2.75, 3.05) is 78.8 Å². The number of fused-ring (bicyclic) bond motifs is 3. The van der Waals surface area contributed by atoms with Gasteiger partial charge in [-0.25, -0.2) is 8.42 Å². The summed E-state index contributed by atoms with van der Waals surface area (Å²) in [4.78, 5) is 19.7. The minimum Gasteiger partial charge on any atom is -0.406 e. The lowest BCUT2D eigenvalue weighted by molar-refractivity contribution is -0.274. The highest BCUT2D eigenvalue weighted by Gasteiger charge is 2.40. The lowest BCUT2D eigenvalue weighted by Gasteiger charge is -2.36. The number of halogens is 3. The van der Waals surface area contributed by atoms with E-state index in [0.717, 1.165) is 70.9 Å². The third-order valence-corrected chi connectivity index (χ3v) is 9.96. The van der Waals surface area contributed by atoms with Gasteiger partial charge < -0.3 is 19.1 Å². The molecule has 4 aliphatic heterocycles. The van der Waals surface area contributed by atoms with E-state index < -0.39 is 27.7 Å². The van der Waals surface area contributed by atoms with Crippen LogP contribution in [-0.4, -0.2) is 124 Å². The highest BCUT2D eigenvalue weighted by molar-refractivity contribution is 7.90. The molecule has 1 aromatic carbocycles. The van der Waals surface area contributed by atoms with Crippen LogP contribution in [0.15, 0.2) is 23.1 Å². The van der Waals surface area contributed by atoms with Gasteiger partial charge in [0.15, 0.2) is 15.5 Å². The molecule has 0 saturated carbocycles. The molecule has 0 aliphatic carbocycles. The molecule has 2 aromatic rings. The maximum absolute atomic E-state index is 13.7. The number of rotatable bonds is 6. The third kappa shape index (κ3) is 6.16. The first-order valence-corrected chi connectivity index (χ1v) is 15.9. The second-order valence-corrected chi connectivity index (χ2v) is 13.0. The Hall–Kier alpha value is -2.72. The summed E-state index contributed by atoms with van der Waals surface area (Å²) in [5, 5.41) is 4.78. The van der Waals surface area contributed by atoms with Crippen molar-refractivity contribution >= 4 is 15.7 Å². The molecule has 11 nitrogen and oxygen atoms in total. The molecule has 1 amide bonds. The zero-order chi connectivity index (χ0) is 29.5. The lowest BCUT2D eigenvalue weighted by atomic mass is 10.0. The second kappa shape index (κ2) is 11.8. The molecule has 3 saturated heterocycles. The molecular formula is C27H34F3N5O6S. The second-order valence-electron chi connectivity index (χ2n) is 11.0. The van der Waals surface area contributed by atoms with Crippen molar-refractivity contribution in [3.05, 3.63) is 29.5 Å². The summed E-state index contributed by atoms with van der Waals surface area (Å²) >= 11 is 0. The number of likely N-dealkylation sites (tertiary alicyclic amines) is 1. The quantitative estimate of drug-likeness (QED) is 0.485. The summed E-state index contributed by atoms with van der Waals surface area (Å²) in [6.07, 6.45) is -3.31. The molecular weight excluding hydrogens is 579 g/mol. The van der Waals surface area contributed by atoms with Gasteiger partial charge in [-0.2, -0.15) is 5.10 Å². The Morgan fingerprint density at radius 3 is 2.40 bits per heavy atom. The van der Waals surface area contributed by atoms with Crippen molar-refractivity contribution < 1.29 is 40.6 Å². The van der Waals surface area contributed by atoms with Crippen LogP contribution < -0.4 is 4.74 Å². The highest BCUT2D eigenvalue weighted by atomic mass is 32.2. The zero-order valence-corrected chi connectivity index (χ0v) is 24.0. The van der Waals surface area contributed by atoms with Crippen LogP contribution in [0, 0.1) is 0 Å². The minimum atomic E-state index is -4.97. The fourth-order valence-electron chi connectivity index (χ4n) is 6.21. The maximum Gasteiger partial charge on any atom is 0.573 e. The van der Waals surface area contributed by atoms with Gasteiger partial charge in [0.2, 0.25) is 0 Å². The standard InChI is InChI=1S/C27H34F3N5O6S/c28-27(29,30)41-20-3-4-21-23(16-20)42(37,38)18-22-24(26(36)34-10-14-40-15-11-34)31-35(25(21)22)19-2-1-5-33(17-19)7-6-32-8-12-39-13-9-32/h3-4,16,19H,1-2,5-15,17-18H2/t19-/m0/s1. The molecule has 230 valence electrons. The molecule has 1 atom stereocenters. The van der Waals surface area contributed by atoms with E-state index in [4.69, 9.17) is 14.6 Å². The number of hydrogen-bond acceptors (Lipinski definition) is 9. The Labute approximate surface area is 242 Å². The highest BCUT2D eigenvalue weighted by Crippen LogP contribution is 2.43. The van der Waals surface area contributed by atoms with Gasteiger partial charge in [0.05, 0.1) is 48.8 Å². The number of carbonyl (C=O) groups excluding carboxylic acids is 1. The van der Waals surface area contributed by atoms with Gasteiger partial charge in [-0.05, 0) is 37.6 Å². The maximum atomic E-state index is 13.7. The minimum absolute atomic E-state index is 0.0715. The Balaban J connectivity index is 1.36. The van der Waals surface area contributed by atoms with Crippen molar-refractivity contribution in [3.8, 4) is 17.0 Å². The molecule has 0 N–H and O–H groups in total. The number of nitrogens with zero attached hydrogens (tertiary/aromatic N) is 5. The molecule has 3 fully saturated rings. The summed E-state index contributed by atoms with van der Waals surface area (Å²) in [6, 6.07) is 3.19. The number of benzene rings is 1. The topological polar surface area (TPSA) is 106 Å². The Bertz CT molecular complexity index is 1420. The first-order valence-electron chi connectivity index (χ1n) is 14.2. The smallest absolute Gasteiger partial charge is 0.406 e. The van der Waals surface area contributed by atoms with Gasteiger partial charge in [-0.15, -0.1) is 13.2 Å². The molecule has 0 bridgehead atoms. The van der Waals surface area contributed by atoms with Crippen LogP contribution in [0.5, 0.6) is 5.75 Å². The van der Waals surface area contributed by atoms with Crippen molar-refractivity contribution in [3.63, 3.8) is 0 Å². The summed E-state index contributed by atoms with van der Waals surface area (Å²) in [6.45, 7) is 8.01. The average molecular weight is 614 g/mol. The van der Waals surface area contributed by atoms with E-state index in [1.807, 2.05) is 0 Å². The number of carbonyl (C=O) groups is 1. The molecule has 1 aromatic heterocycles. The fraction of sp³-hybridized carbons (Fsp3) is 0.630. The van der Waals surface area contributed by atoms with Crippen molar-refractivity contribution in [1.29, 1.82) is 0 Å². The van der Waals surface area contributed by atoms with E-state index in [-0.39, 0.29) is 33.7 Å². The van der Waals surface area contributed by atoms with Gasteiger partial charge in [-0.3, -0.25) is 19.3 Å². The number of aromatic nitrogens is 2. The van der Waals surface area contributed by atoms with Crippen molar-refractivity contribution in [2.45, 2.75) is 35.9 Å². The Morgan fingerprint density at radius 2 is 1.69 bits per heavy atom. The van der Waals surface area contributed by atoms with Gasteiger partial charge >= 0.3 is 6.36 Å². The number of amides is 1. The van der Waals surface area contributed by atoms with Gasteiger partial charge in [-0.1, -0.05) is 0 Å². The van der Waals surface area contributed by atoms with Crippen LogP contribution in [0.3, 0.4) is 0 Å². The molecule has 6 rings (SSSR count). The van der Waals surface area contributed by atoms with Crippen molar-refractivity contribution in [1.82, 2.24) is 24.5 Å². The number of sulfone groups is 1. The van der Waals surface area contributed by atoms with E-state index in [2.05, 4.69) is 14.5 Å². The van der Waals surface area contributed by atoms with Crippen LogP contribution in [0.2, 0.25) is 0 Å². The van der Waals surface area contributed by atoms with Crippen LogP contribution in [0.4, 0.5) is 13.2 Å². The molecule has 0 spiro atoms.